The molecule has 1 saturated carbocycles. The highest BCUT2D eigenvalue weighted by Gasteiger charge is 2.36. The average molecular weight is 234 g/mol. The molecule has 94 valence electrons. The largest absolute Gasteiger partial charge is 0.379 e. The van der Waals surface area contributed by atoms with E-state index in [0.29, 0.717) is 5.92 Å². The van der Waals surface area contributed by atoms with E-state index in [-0.39, 0.29) is 12.1 Å². The third-order valence-corrected chi connectivity index (χ3v) is 3.56. The number of nitrogens with one attached hydrogen (secondary N) is 1. The van der Waals surface area contributed by atoms with Crippen molar-refractivity contribution >= 4 is 0 Å². The average Bonchev–Trinajstić information content (AvgIpc) is 3.20. The second kappa shape index (κ2) is 6.15. The van der Waals surface area contributed by atoms with Crippen LogP contribution >= 0.6 is 0 Å². The molecule has 0 radical (unpaired) electrons. The molecule has 1 aliphatic rings. The summed E-state index contributed by atoms with van der Waals surface area (Å²) in [5, 5.41) is 0. The van der Waals surface area contributed by atoms with E-state index < -0.39 is 0 Å². The number of hydrazine groups is 1. The molecular weight excluding hydrogens is 212 g/mol. The fourth-order valence-corrected chi connectivity index (χ4v) is 2.42. The Morgan fingerprint density at radius 1 is 1.35 bits per heavy atom. The number of ether oxygens (including phenoxy) is 1. The number of hydrogen-bond donors (Lipinski definition) is 2. The van der Waals surface area contributed by atoms with Gasteiger partial charge >= 0.3 is 0 Å². The van der Waals surface area contributed by atoms with E-state index in [1.807, 2.05) is 6.07 Å². The molecule has 1 aromatic rings. The number of aryl methyl sites for hydroxylation is 1. The third-order valence-electron chi connectivity index (χ3n) is 3.56. The molecule has 0 aliphatic heterocycles. The van der Waals surface area contributed by atoms with Crippen LogP contribution in [0.2, 0.25) is 0 Å². The molecule has 3 N–H and O–H groups in total. The number of benzene rings is 1. The van der Waals surface area contributed by atoms with E-state index in [2.05, 4.69) is 29.7 Å². The van der Waals surface area contributed by atoms with Crippen molar-refractivity contribution < 1.29 is 4.74 Å². The van der Waals surface area contributed by atoms with Gasteiger partial charge in [-0.05, 0) is 37.2 Å². The smallest absolute Gasteiger partial charge is 0.0765 e. The maximum atomic E-state index is 5.65. The minimum atomic E-state index is 0.257. The first-order chi connectivity index (χ1) is 8.35. The fourth-order valence-electron chi connectivity index (χ4n) is 2.42. The van der Waals surface area contributed by atoms with Crippen LogP contribution in [0.5, 0.6) is 0 Å². The van der Waals surface area contributed by atoms with Crippen molar-refractivity contribution in [3.05, 3.63) is 35.9 Å². The van der Waals surface area contributed by atoms with E-state index in [4.69, 9.17) is 10.6 Å². The molecule has 2 atom stereocenters. The molecular formula is C14H22N2O. The van der Waals surface area contributed by atoms with E-state index >= 15 is 0 Å². The van der Waals surface area contributed by atoms with Crippen LogP contribution in [0.15, 0.2) is 30.3 Å². The Bertz CT molecular complexity index is 324. The highest BCUT2D eigenvalue weighted by atomic mass is 16.5. The summed E-state index contributed by atoms with van der Waals surface area (Å²) >= 11 is 0. The van der Waals surface area contributed by atoms with E-state index in [9.17, 15) is 0 Å². The van der Waals surface area contributed by atoms with Crippen LogP contribution in [0.4, 0.5) is 0 Å². The van der Waals surface area contributed by atoms with Crippen LogP contribution in [0.25, 0.3) is 0 Å². The SMILES string of the molecule is COC(C1CC1)C(CCc1ccccc1)NN. The first kappa shape index (κ1) is 12.6. The molecule has 0 heterocycles. The van der Waals surface area contributed by atoms with Gasteiger partial charge in [0, 0.05) is 13.2 Å². The Morgan fingerprint density at radius 3 is 2.59 bits per heavy atom. The maximum absolute atomic E-state index is 5.65. The van der Waals surface area contributed by atoms with Gasteiger partial charge < -0.3 is 4.74 Å². The van der Waals surface area contributed by atoms with Crippen LogP contribution in [-0.2, 0) is 11.2 Å². The number of nitrogens with two attached hydrogens (primary N) is 1. The Balaban J connectivity index is 1.86. The van der Waals surface area contributed by atoms with Gasteiger partial charge in [0.2, 0.25) is 0 Å². The van der Waals surface area contributed by atoms with Gasteiger partial charge in [-0.25, -0.2) is 0 Å². The van der Waals surface area contributed by atoms with Crippen molar-refractivity contribution in [1.29, 1.82) is 0 Å². The summed E-state index contributed by atoms with van der Waals surface area (Å²) in [5.74, 6) is 6.35. The van der Waals surface area contributed by atoms with Gasteiger partial charge in [0.15, 0.2) is 0 Å². The third kappa shape index (κ3) is 3.53. The highest BCUT2D eigenvalue weighted by Crippen LogP contribution is 2.36. The Kier molecular flexibility index (Phi) is 4.54. The quantitative estimate of drug-likeness (QED) is 0.559. The lowest BCUT2D eigenvalue weighted by Crippen LogP contribution is -2.46. The molecule has 17 heavy (non-hydrogen) atoms. The predicted molar refractivity (Wildman–Crippen MR) is 69.4 cm³/mol. The number of methoxy groups -OCH3 is 1. The van der Waals surface area contributed by atoms with Gasteiger partial charge in [0.05, 0.1) is 6.10 Å². The standard InChI is InChI=1S/C14H22N2O/c1-17-14(12-8-9-12)13(16-15)10-7-11-5-3-2-4-6-11/h2-6,12-14,16H,7-10,15H2,1H3. The van der Waals surface area contributed by atoms with Gasteiger partial charge in [-0.15, -0.1) is 0 Å². The minimum Gasteiger partial charge on any atom is -0.379 e. The Labute approximate surface area is 103 Å². The molecule has 3 nitrogen and oxygen atoms in total. The molecule has 0 spiro atoms. The molecule has 2 rings (SSSR count). The van der Waals surface area contributed by atoms with Crippen molar-refractivity contribution in [2.24, 2.45) is 11.8 Å². The zero-order valence-electron chi connectivity index (χ0n) is 10.4. The summed E-state index contributed by atoms with van der Waals surface area (Å²) in [6.07, 6.45) is 4.89. The van der Waals surface area contributed by atoms with Gasteiger partial charge in [-0.2, -0.15) is 0 Å². The molecule has 2 unspecified atom stereocenters. The first-order valence-electron chi connectivity index (χ1n) is 6.38. The summed E-state index contributed by atoms with van der Waals surface area (Å²) in [6.45, 7) is 0. The van der Waals surface area contributed by atoms with Gasteiger partial charge in [0.1, 0.15) is 0 Å². The topological polar surface area (TPSA) is 47.3 Å². The van der Waals surface area contributed by atoms with Crippen molar-refractivity contribution in [3.8, 4) is 0 Å². The molecule has 1 aromatic carbocycles. The molecule has 1 fully saturated rings. The lowest BCUT2D eigenvalue weighted by atomic mass is 9.99. The monoisotopic (exact) mass is 234 g/mol. The van der Waals surface area contributed by atoms with E-state index in [1.165, 1.54) is 18.4 Å². The maximum Gasteiger partial charge on any atom is 0.0765 e. The Hall–Kier alpha value is -0.900. The second-order valence-electron chi connectivity index (χ2n) is 4.84. The van der Waals surface area contributed by atoms with Crippen LogP contribution in [0.3, 0.4) is 0 Å². The lowest BCUT2D eigenvalue weighted by molar-refractivity contribution is 0.0485. The van der Waals surface area contributed by atoms with E-state index in [1.54, 1.807) is 7.11 Å². The van der Waals surface area contributed by atoms with Crippen molar-refractivity contribution in [2.75, 3.05) is 7.11 Å². The summed E-state index contributed by atoms with van der Waals surface area (Å²) in [5.41, 5.74) is 4.28. The summed E-state index contributed by atoms with van der Waals surface area (Å²) in [6, 6.07) is 10.8. The number of hydrogen-bond acceptors (Lipinski definition) is 3. The predicted octanol–water partition coefficient (Wildman–Crippen LogP) is 1.88. The molecule has 0 aromatic heterocycles. The van der Waals surface area contributed by atoms with Crippen molar-refractivity contribution in [1.82, 2.24) is 5.43 Å². The zero-order valence-corrected chi connectivity index (χ0v) is 10.4. The molecule has 0 saturated heterocycles. The second-order valence-corrected chi connectivity index (χ2v) is 4.84. The van der Waals surface area contributed by atoms with Crippen LogP contribution in [-0.4, -0.2) is 19.3 Å². The molecule has 0 bridgehead atoms. The summed E-state index contributed by atoms with van der Waals surface area (Å²) < 4.78 is 5.57. The normalized spacial score (nSPS) is 18.9. The zero-order chi connectivity index (χ0) is 12.1. The van der Waals surface area contributed by atoms with Gasteiger partial charge in [0.25, 0.3) is 0 Å². The minimum absolute atomic E-state index is 0.257. The fraction of sp³-hybridized carbons (Fsp3) is 0.571. The first-order valence-corrected chi connectivity index (χ1v) is 6.38. The van der Waals surface area contributed by atoms with E-state index in [0.717, 1.165) is 12.8 Å². The summed E-state index contributed by atoms with van der Waals surface area (Å²) in [4.78, 5) is 0. The molecule has 3 heteroatoms. The van der Waals surface area contributed by atoms with Gasteiger partial charge in [-0.1, -0.05) is 30.3 Å². The lowest BCUT2D eigenvalue weighted by Gasteiger charge is -2.25. The van der Waals surface area contributed by atoms with Crippen molar-refractivity contribution in [2.45, 2.75) is 37.8 Å². The van der Waals surface area contributed by atoms with Crippen LogP contribution in [0, 0.1) is 5.92 Å². The van der Waals surface area contributed by atoms with Crippen LogP contribution in [0.1, 0.15) is 24.8 Å². The number of rotatable bonds is 7. The molecule has 0 amide bonds. The van der Waals surface area contributed by atoms with Gasteiger partial charge in [-0.3, -0.25) is 11.3 Å². The van der Waals surface area contributed by atoms with Crippen molar-refractivity contribution in [3.63, 3.8) is 0 Å². The Morgan fingerprint density at radius 2 is 2.06 bits per heavy atom. The summed E-state index contributed by atoms with van der Waals surface area (Å²) in [7, 11) is 1.79. The molecule has 1 aliphatic carbocycles. The van der Waals surface area contributed by atoms with Crippen LogP contribution < -0.4 is 11.3 Å². The highest BCUT2D eigenvalue weighted by molar-refractivity contribution is 5.15.